The van der Waals surface area contributed by atoms with Gasteiger partial charge in [0, 0.05) is 29.7 Å². The SMILES string of the molecule is CC(C)(C)c1ccc(CC(C)(C)c2ccncc2)cn1. The number of hydrogen-bond donors (Lipinski definition) is 0. The summed E-state index contributed by atoms with van der Waals surface area (Å²) in [6, 6.07) is 8.54. The molecule has 0 radical (unpaired) electrons. The van der Waals surface area contributed by atoms with Crippen molar-refractivity contribution in [3.05, 3.63) is 59.7 Å². The molecule has 0 amide bonds. The van der Waals surface area contributed by atoms with Gasteiger partial charge in [0.25, 0.3) is 0 Å². The Hall–Kier alpha value is -1.70. The molecule has 0 N–H and O–H groups in total. The summed E-state index contributed by atoms with van der Waals surface area (Å²) in [5, 5.41) is 0. The molecule has 0 bridgehead atoms. The minimum atomic E-state index is 0.0911. The van der Waals surface area contributed by atoms with Crippen LogP contribution in [0.3, 0.4) is 0 Å². The summed E-state index contributed by atoms with van der Waals surface area (Å²) < 4.78 is 0. The zero-order valence-electron chi connectivity index (χ0n) is 13.1. The summed E-state index contributed by atoms with van der Waals surface area (Å²) >= 11 is 0. The zero-order valence-corrected chi connectivity index (χ0v) is 13.1. The van der Waals surface area contributed by atoms with Crippen molar-refractivity contribution in [2.75, 3.05) is 0 Å². The quantitative estimate of drug-likeness (QED) is 0.829. The minimum Gasteiger partial charge on any atom is -0.265 e. The molecule has 20 heavy (non-hydrogen) atoms. The molecule has 0 saturated heterocycles. The third-order valence-electron chi connectivity index (χ3n) is 3.70. The smallest absolute Gasteiger partial charge is 0.0457 e. The van der Waals surface area contributed by atoms with E-state index >= 15 is 0 Å². The van der Waals surface area contributed by atoms with Crippen molar-refractivity contribution in [2.45, 2.75) is 51.9 Å². The average molecular weight is 268 g/mol. The molecule has 0 atom stereocenters. The van der Waals surface area contributed by atoms with Crippen molar-refractivity contribution >= 4 is 0 Å². The lowest BCUT2D eigenvalue weighted by Gasteiger charge is -2.25. The molecule has 0 unspecified atom stereocenters. The van der Waals surface area contributed by atoms with Gasteiger partial charge in [-0.25, -0.2) is 0 Å². The monoisotopic (exact) mass is 268 g/mol. The summed E-state index contributed by atoms with van der Waals surface area (Å²) in [4.78, 5) is 8.71. The van der Waals surface area contributed by atoms with Crippen LogP contribution in [0.4, 0.5) is 0 Å². The number of pyridine rings is 2. The number of aromatic nitrogens is 2. The largest absolute Gasteiger partial charge is 0.265 e. The van der Waals surface area contributed by atoms with Gasteiger partial charge >= 0.3 is 0 Å². The van der Waals surface area contributed by atoms with Gasteiger partial charge in [-0.15, -0.1) is 0 Å². The molecule has 2 heterocycles. The molecule has 0 aliphatic carbocycles. The molecule has 2 heteroatoms. The molecule has 0 spiro atoms. The second-order valence-electron chi connectivity index (χ2n) is 7.10. The Morgan fingerprint density at radius 2 is 1.55 bits per heavy atom. The molecular formula is C18H24N2. The first-order chi connectivity index (χ1) is 9.29. The molecular weight excluding hydrogens is 244 g/mol. The van der Waals surface area contributed by atoms with E-state index in [4.69, 9.17) is 0 Å². The molecule has 2 aromatic rings. The van der Waals surface area contributed by atoms with Crippen molar-refractivity contribution in [1.29, 1.82) is 0 Å². The van der Waals surface area contributed by atoms with Gasteiger partial charge in [-0.1, -0.05) is 40.7 Å². The zero-order chi connectivity index (χ0) is 14.8. The Kier molecular flexibility index (Phi) is 3.94. The first-order valence-electron chi connectivity index (χ1n) is 7.15. The van der Waals surface area contributed by atoms with E-state index in [1.54, 1.807) is 0 Å². The molecule has 0 fully saturated rings. The predicted octanol–water partition coefficient (Wildman–Crippen LogP) is 4.29. The Bertz CT molecular complexity index is 548. The van der Waals surface area contributed by atoms with Crippen molar-refractivity contribution in [1.82, 2.24) is 9.97 Å². The van der Waals surface area contributed by atoms with E-state index in [0.717, 1.165) is 12.1 Å². The highest BCUT2D eigenvalue weighted by Crippen LogP contribution is 2.27. The van der Waals surface area contributed by atoms with Gasteiger partial charge < -0.3 is 0 Å². The second-order valence-corrected chi connectivity index (χ2v) is 7.10. The van der Waals surface area contributed by atoms with Crippen LogP contribution in [-0.2, 0) is 17.3 Å². The molecule has 0 saturated carbocycles. The molecule has 2 rings (SSSR count). The van der Waals surface area contributed by atoms with Crippen molar-refractivity contribution < 1.29 is 0 Å². The van der Waals surface area contributed by atoms with E-state index in [9.17, 15) is 0 Å². The van der Waals surface area contributed by atoms with Crippen LogP contribution in [0.2, 0.25) is 0 Å². The lowest BCUT2D eigenvalue weighted by Crippen LogP contribution is -2.21. The van der Waals surface area contributed by atoms with Crippen molar-refractivity contribution in [2.24, 2.45) is 0 Å². The molecule has 2 nitrogen and oxygen atoms in total. The summed E-state index contributed by atoms with van der Waals surface area (Å²) in [7, 11) is 0. The molecule has 106 valence electrons. The summed E-state index contributed by atoms with van der Waals surface area (Å²) in [5.41, 5.74) is 3.93. The van der Waals surface area contributed by atoms with Gasteiger partial charge in [-0.3, -0.25) is 9.97 Å². The normalized spacial score (nSPS) is 12.4. The standard InChI is InChI=1S/C18H24N2/c1-17(2,3)16-7-6-14(13-20-16)12-18(4,5)15-8-10-19-11-9-15/h6-11,13H,12H2,1-5H3. The average Bonchev–Trinajstić information content (AvgIpc) is 2.39. The van der Waals surface area contributed by atoms with Crippen LogP contribution in [0.15, 0.2) is 42.9 Å². The van der Waals surface area contributed by atoms with Crippen molar-refractivity contribution in [3.8, 4) is 0 Å². The van der Waals surface area contributed by atoms with Crippen LogP contribution in [0.5, 0.6) is 0 Å². The molecule has 2 aromatic heterocycles. The topological polar surface area (TPSA) is 25.8 Å². The van der Waals surface area contributed by atoms with E-state index in [-0.39, 0.29) is 10.8 Å². The van der Waals surface area contributed by atoms with Crippen LogP contribution in [0, 0.1) is 0 Å². The lowest BCUT2D eigenvalue weighted by molar-refractivity contribution is 0.518. The lowest BCUT2D eigenvalue weighted by atomic mass is 9.80. The van der Waals surface area contributed by atoms with E-state index in [0.29, 0.717) is 0 Å². The van der Waals surface area contributed by atoms with Gasteiger partial charge in [0.15, 0.2) is 0 Å². The Labute approximate surface area is 122 Å². The fraction of sp³-hybridized carbons (Fsp3) is 0.444. The van der Waals surface area contributed by atoms with Crippen LogP contribution in [-0.4, -0.2) is 9.97 Å². The Morgan fingerprint density at radius 1 is 0.900 bits per heavy atom. The van der Waals surface area contributed by atoms with Crippen molar-refractivity contribution in [3.63, 3.8) is 0 Å². The van der Waals surface area contributed by atoms with Gasteiger partial charge in [-0.05, 0) is 41.2 Å². The fourth-order valence-corrected chi connectivity index (χ4v) is 2.39. The Morgan fingerprint density at radius 3 is 2.05 bits per heavy atom. The highest BCUT2D eigenvalue weighted by Gasteiger charge is 2.22. The van der Waals surface area contributed by atoms with E-state index in [2.05, 4.69) is 68.9 Å². The predicted molar refractivity (Wildman–Crippen MR) is 83.9 cm³/mol. The molecule has 0 aromatic carbocycles. The number of nitrogens with zero attached hydrogens (tertiary/aromatic N) is 2. The van der Waals surface area contributed by atoms with Crippen LogP contribution in [0.1, 0.15) is 51.4 Å². The first kappa shape index (κ1) is 14.7. The maximum absolute atomic E-state index is 4.62. The third-order valence-corrected chi connectivity index (χ3v) is 3.70. The van der Waals surface area contributed by atoms with Crippen LogP contribution in [0.25, 0.3) is 0 Å². The van der Waals surface area contributed by atoms with E-state index < -0.39 is 0 Å². The van der Waals surface area contributed by atoms with Gasteiger partial charge in [-0.2, -0.15) is 0 Å². The van der Waals surface area contributed by atoms with Crippen LogP contribution >= 0.6 is 0 Å². The van der Waals surface area contributed by atoms with Gasteiger partial charge in [0.1, 0.15) is 0 Å². The first-order valence-corrected chi connectivity index (χ1v) is 7.15. The molecule has 0 aliphatic rings. The van der Waals surface area contributed by atoms with Gasteiger partial charge in [0.2, 0.25) is 0 Å². The highest BCUT2D eigenvalue weighted by atomic mass is 14.7. The summed E-state index contributed by atoms with van der Waals surface area (Å²) in [6.07, 6.45) is 6.72. The second kappa shape index (κ2) is 5.35. The molecule has 0 aliphatic heterocycles. The third kappa shape index (κ3) is 3.44. The van der Waals surface area contributed by atoms with Crippen LogP contribution < -0.4 is 0 Å². The maximum Gasteiger partial charge on any atom is 0.0457 e. The summed E-state index contributed by atoms with van der Waals surface area (Å²) in [5.74, 6) is 0. The summed E-state index contributed by atoms with van der Waals surface area (Å²) in [6.45, 7) is 11.1. The highest BCUT2D eigenvalue weighted by molar-refractivity contribution is 5.26. The van der Waals surface area contributed by atoms with E-state index in [1.165, 1.54) is 11.1 Å². The maximum atomic E-state index is 4.62. The van der Waals surface area contributed by atoms with Gasteiger partial charge in [0.05, 0.1) is 0 Å². The fourth-order valence-electron chi connectivity index (χ4n) is 2.39. The number of hydrogen-bond acceptors (Lipinski definition) is 2. The minimum absolute atomic E-state index is 0.0911. The Balaban J connectivity index is 2.18. The number of rotatable bonds is 3. The van der Waals surface area contributed by atoms with E-state index in [1.807, 2.05) is 18.6 Å².